The summed E-state index contributed by atoms with van der Waals surface area (Å²) < 4.78 is 17.9. The Bertz CT molecular complexity index is 849. The van der Waals surface area contributed by atoms with Crippen LogP contribution in [0.4, 0.5) is 11.8 Å². The maximum Gasteiger partial charge on any atom is 0.227 e. The number of fused-ring (bicyclic) bond motifs is 1. The maximum absolute atomic E-state index is 12.5. The van der Waals surface area contributed by atoms with Crippen LogP contribution in [0.3, 0.4) is 0 Å². The summed E-state index contributed by atoms with van der Waals surface area (Å²) in [6, 6.07) is 10.9. The lowest BCUT2D eigenvalue weighted by Gasteiger charge is -2.40. The molecule has 6 nitrogen and oxygen atoms in total. The highest BCUT2D eigenvalue weighted by Gasteiger charge is 2.33. The number of anilines is 2. The molecule has 0 aliphatic carbocycles. The third-order valence-electron chi connectivity index (χ3n) is 5.67. The number of benzene rings is 1. The highest BCUT2D eigenvalue weighted by atomic mass is 32.2. The first kappa shape index (κ1) is 17.1. The van der Waals surface area contributed by atoms with Gasteiger partial charge in [0.2, 0.25) is 5.95 Å². The van der Waals surface area contributed by atoms with Crippen LogP contribution in [0, 0.1) is 0 Å². The third-order valence-corrected chi connectivity index (χ3v) is 7.13. The van der Waals surface area contributed by atoms with Crippen LogP contribution in [-0.4, -0.2) is 52.3 Å². The van der Waals surface area contributed by atoms with Crippen molar-refractivity contribution in [3.63, 3.8) is 0 Å². The van der Waals surface area contributed by atoms with E-state index in [-0.39, 0.29) is 0 Å². The zero-order valence-electron chi connectivity index (χ0n) is 15.3. The van der Waals surface area contributed by atoms with Gasteiger partial charge in [-0.3, -0.25) is 4.21 Å². The van der Waals surface area contributed by atoms with Gasteiger partial charge < -0.3 is 15.0 Å². The van der Waals surface area contributed by atoms with Gasteiger partial charge in [-0.1, -0.05) is 30.3 Å². The number of rotatable bonds is 4. The molecule has 0 amide bonds. The molecule has 2 fully saturated rings. The van der Waals surface area contributed by atoms with Crippen molar-refractivity contribution in [3.05, 3.63) is 41.6 Å². The van der Waals surface area contributed by atoms with Crippen LogP contribution in [0.25, 0.3) is 0 Å². The Balaban J connectivity index is 1.38. The summed E-state index contributed by atoms with van der Waals surface area (Å²) in [5, 5.41) is 3.55. The quantitative estimate of drug-likeness (QED) is 0.873. The molecule has 5 rings (SSSR count). The van der Waals surface area contributed by atoms with Crippen molar-refractivity contribution < 1.29 is 8.95 Å². The number of nitrogens with zero attached hydrogens (tertiary/aromatic N) is 3. The number of aryl methyl sites for hydroxylation is 1. The van der Waals surface area contributed by atoms with E-state index in [0.29, 0.717) is 17.7 Å². The minimum Gasteiger partial charge on any atom is -0.381 e. The van der Waals surface area contributed by atoms with E-state index in [4.69, 9.17) is 14.7 Å². The highest BCUT2D eigenvalue weighted by Crippen LogP contribution is 2.34. The molecule has 0 unspecified atom stereocenters. The molecule has 1 aromatic carbocycles. The second kappa shape index (κ2) is 7.20. The standard InChI is InChI=1S/C20H24N4O2S/c25-27-11-8-17-18(27)19(21-16-6-9-26-10-7-16)23-20(22-17)24-12-15(13-24)14-4-2-1-3-5-14/h1-5,15-16H,6-13H2,(H,21,22,23)/t27-/m1/s1. The normalized spacial score (nSPS) is 23.1. The van der Waals surface area contributed by atoms with Crippen LogP contribution < -0.4 is 10.2 Å². The maximum atomic E-state index is 12.5. The van der Waals surface area contributed by atoms with Gasteiger partial charge in [-0.25, -0.2) is 4.98 Å². The van der Waals surface area contributed by atoms with Gasteiger partial charge in [-0.05, 0) is 18.4 Å². The molecule has 1 aromatic heterocycles. The Morgan fingerprint density at radius 3 is 2.67 bits per heavy atom. The molecule has 142 valence electrons. The number of ether oxygens (including phenoxy) is 1. The molecule has 1 atom stereocenters. The summed E-state index contributed by atoms with van der Waals surface area (Å²) in [7, 11) is -0.993. The van der Waals surface area contributed by atoms with Crippen molar-refractivity contribution in [2.75, 3.05) is 42.3 Å². The van der Waals surface area contributed by atoms with E-state index in [0.717, 1.165) is 67.9 Å². The van der Waals surface area contributed by atoms with Crippen LogP contribution in [0.1, 0.15) is 30.0 Å². The lowest BCUT2D eigenvalue weighted by Crippen LogP contribution is -2.46. The predicted octanol–water partition coefficient (Wildman–Crippen LogP) is 2.34. The zero-order chi connectivity index (χ0) is 18.2. The fraction of sp³-hybridized carbons (Fsp3) is 0.500. The monoisotopic (exact) mass is 384 g/mol. The Hall–Kier alpha value is -1.99. The predicted molar refractivity (Wildman–Crippen MR) is 106 cm³/mol. The average Bonchev–Trinajstić information content (AvgIpc) is 3.04. The Labute approximate surface area is 161 Å². The molecule has 27 heavy (non-hydrogen) atoms. The topological polar surface area (TPSA) is 67.4 Å². The lowest BCUT2D eigenvalue weighted by molar-refractivity contribution is 0.0903. The van der Waals surface area contributed by atoms with Crippen molar-refractivity contribution in [1.29, 1.82) is 0 Å². The third kappa shape index (κ3) is 3.34. The van der Waals surface area contributed by atoms with Gasteiger partial charge in [-0.15, -0.1) is 0 Å². The van der Waals surface area contributed by atoms with E-state index >= 15 is 0 Å². The van der Waals surface area contributed by atoms with Crippen LogP contribution in [0.5, 0.6) is 0 Å². The van der Waals surface area contributed by atoms with Crippen LogP contribution in [0.2, 0.25) is 0 Å². The fourth-order valence-corrected chi connectivity index (χ4v) is 5.35. The van der Waals surface area contributed by atoms with E-state index < -0.39 is 10.8 Å². The zero-order valence-corrected chi connectivity index (χ0v) is 16.1. The summed E-state index contributed by atoms with van der Waals surface area (Å²) in [6.07, 6.45) is 2.69. The number of nitrogens with one attached hydrogen (secondary N) is 1. The minimum absolute atomic E-state index is 0.330. The second-order valence-corrected chi connectivity index (χ2v) is 9.00. The molecule has 0 radical (unpaired) electrons. The first-order chi connectivity index (χ1) is 13.3. The Morgan fingerprint density at radius 1 is 1.11 bits per heavy atom. The summed E-state index contributed by atoms with van der Waals surface area (Å²) in [4.78, 5) is 12.6. The van der Waals surface area contributed by atoms with Gasteiger partial charge in [0.1, 0.15) is 10.7 Å². The largest absolute Gasteiger partial charge is 0.381 e. The first-order valence-electron chi connectivity index (χ1n) is 9.71. The lowest BCUT2D eigenvalue weighted by atomic mass is 9.92. The van der Waals surface area contributed by atoms with Crippen molar-refractivity contribution >= 4 is 22.6 Å². The van der Waals surface area contributed by atoms with Gasteiger partial charge in [0, 0.05) is 50.4 Å². The van der Waals surface area contributed by atoms with E-state index in [2.05, 4.69) is 40.5 Å². The van der Waals surface area contributed by atoms with Gasteiger partial charge in [0.05, 0.1) is 16.5 Å². The van der Waals surface area contributed by atoms with Crippen molar-refractivity contribution in [1.82, 2.24) is 9.97 Å². The molecule has 0 saturated carbocycles. The highest BCUT2D eigenvalue weighted by molar-refractivity contribution is 7.85. The Kier molecular flexibility index (Phi) is 4.57. The van der Waals surface area contributed by atoms with Crippen LogP contribution >= 0.6 is 0 Å². The van der Waals surface area contributed by atoms with Crippen molar-refractivity contribution in [3.8, 4) is 0 Å². The molecule has 7 heteroatoms. The van der Waals surface area contributed by atoms with Crippen LogP contribution in [-0.2, 0) is 22.0 Å². The summed E-state index contributed by atoms with van der Waals surface area (Å²) >= 11 is 0. The van der Waals surface area contributed by atoms with Crippen molar-refractivity contribution in [2.45, 2.75) is 36.1 Å². The Morgan fingerprint density at radius 2 is 1.89 bits per heavy atom. The molecular formula is C20H24N4O2S. The molecule has 0 spiro atoms. The fourth-order valence-electron chi connectivity index (χ4n) is 4.04. The summed E-state index contributed by atoms with van der Waals surface area (Å²) in [6.45, 7) is 3.41. The van der Waals surface area contributed by atoms with E-state index in [1.165, 1.54) is 5.56 Å². The van der Waals surface area contributed by atoms with E-state index in [9.17, 15) is 4.21 Å². The second-order valence-electron chi connectivity index (χ2n) is 7.49. The van der Waals surface area contributed by atoms with Gasteiger partial charge >= 0.3 is 0 Å². The molecule has 1 N–H and O–H groups in total. The van der Waals surface area contributed by atoms with Gasteiger partial charge in [0.15, 0.2) is 0 Å². The molecular weight excluding hydrogens is 360 g/mol. The molecule has 2 aromatic rings. The van der Waals surface area contributed by atoms with Gasteiger partial charge in [-0.2, -0.15) is 4.98 Å². The number of aromatic nitrogens is 2. The molecule has 4 heterocycles. The summed E-state index contributed by atoms with van der Waals surface area (Å²) in [5.41, 5.74) is 2.33. The molecule has 2 saturated heterocycles. The minimum atomic E-state index is -0.993. The van der Waals surface area contributed by atoms with Gasteiger partial charge in [0.25, 0.3) is 0 Å². The molecule has 3 aliphatic heterocycles. The smallest absolute Gasteiger partial charge is 0.227 e. The number of hydrogen-bond acceptors (Lipinski definition) is 6. The summed E-state index contributed by atoms with van der Waals surface area (Å²) in [5.74, 6) is 2.74. The SMILES string of the molecule is O=[S@@]1CCc2nc(N3CC(c4ccccc4)C3)nc(NC3CCOCC3)c21. The van der Waals surface area contributed by atoms with Crippen LogP contribution in [0.15, 0.2) is 35.2 Å². The molecule has 0 bridgehead atoms. The van der Waals surface area contributed by atoms with E-state index in [1.54, 1.807) is 0 Å². The number of hydrogen-bond donors (Lipinski definition) is 1. The average molecular weight is 385 g/mol. The molecule has 3 aliphatic rings. The van der Waals surface area contributed by atoms with E-state index in [1.807, 2.05) is 0 Å². The first-order valence-corrected chi connectivity index (χ1v) is 11.0. The van der Waals surface area contributed by atoms with Crippen molar-refractivity contribution in [2.24, 2.45) is 0 Å².